The van der Waals surface area contributed by atoms with E-state index in [1.165, 1.54) is 18.2 Å². The van der Waals surface area contributed by atoms with Gasteiger partial charge in [-0.15, -0.1) is 0 Å². The van der Waals surface area contributed by atoms with Crippen molar-refractivity contribution in [1.29, 1.82) is 0 Å². The Kier molecular flexibility index (Phi) is 5.75. The van der Waals surface area contributed by atoms with Crippen molar-refractivity contribution in [2.45, 2.75) is 6.92 Å². The zero-order valence-corrected chi connectivity index (χ0v) is 13.9. The van der Waals surface area contributed by atoms with Crippen LogP contribution in [0.2, 0.25) is 0 Å². The van der Waals surface area contributed by atoms with E-state index in [0.717, 1.165) is 11.6 Å². The van der Waals surface area contributed by atoms with Crippen LogP contribution in [0.15, 0.2) is 48.5 Å². The molecule has 9 heteroatoms. The molecule has 0 heterocycles. The van der Waals surface area contributed by atoms with Crippen LogP contribution in [0.1, 0.15) is 26.3 Å². The van der Waals surface area contributed by atoms with Crippen LogP contribution in [-0.4, -0.2) is 21.9 Å². The molecule has 0 atom stereocenters. The van der Waals surface area contributed by atoms with Crippen LogP contribution in [-0.2, 0) is 0 Å². The van der Waals surface area contributed by atoms with Crippen LogP contribution < -0.4 is 16.2 Å². The van der Waals surface area contributed by atoms with E-state index >= 15 is 0 Å². The van der Waals surface area contributed by atoms with Gasteiger partial charge in [0.1, 0.15) is 0 Å². The zero-order valence-electron chi connectivity index (χ0n) is 13.1. The van der Waals surface area contributed by atoms with E-state index < -0.39 is 16.7 Å². The molecule has 0 saturated carbocycles. The van der Waals surface area contributed by atoms with E-state index in [0.29, 0.717) is 5.56 Å². The van der Waals surface area contributed by atoms with Gasteiger partial charge in [-0.3, -0.25) is 35.9 Å². The van der Waals surface area contributed by atoms with Gasteiger partial charge in [-0.1, -0.05) is 23.8 Å². The van der Waals surface area contributed by atoms with Gasteiger partial charge in [-0.25, -0.2) is 0 Å². The molecule has 2 amide bonds. The van der Waals surface area contributed by atoms with Gasteiger partial charge in [0.15, 0.2) is 5.11 Å². The van der Waals surface area contributed by atoms with Crippen molar-refractivity contribution in [2.24, 2.45) is 0 Å². The number of nitro groups is 1. The number of amides is 2. The number of hydrogen-bond acceptors (Lipinski definition) is 5. The van der Waals surface area contributed by atoms with E-state index in [4.69, 9.17) is 12.2 Å². The molecule has 0 fully saturated rings. The lowest BCUT2D eigenvalue weighted by atomic mass is 10.1. The standard InChI is InChI=1S/C16H14N4O4S/c1-10-4-2-5-11(8-10)15(22)18-19-16(25)17-14(21)12-6-3-7-13(9-12)20(23)24/h2-9H,1H3,(H,18,22)(H2,17,19,21,25). The molecule has 3 N–H and O–H groups in total. The van der Waals surface area contributed by atoms with Gasteiger partial charge >= 0.3 is 0 Å². The number of carbonyl (C=O) groups excluding carboxylic acids is 2. The van der Waals surface area contributed by atoms with Crippen molar-refractivity contribution in [3.8, 4) is 0 Å². The summed E-state index contributed by atoms with van der Waals surface area (Å²) in [5.74, 6) is -1.05. The molecule has 0 aliphatic heterocycles. The maximum Gasteiger partial charge on any atom is 0.270 e. The first-order chi connectivity index (χ1) is 11.9. The van der Waals surface area contributed by atoms with E-state index in [-0.39, 0.29) is 16.4 Å². The molecule has 0 aromatic heterocycles. The Balaban J connectivity index is 1.91. The Morgan fingerprint density at radius 1 is 1.00 bits per heavy atom. The second-order valence-corrected chi connectivity index (χ2v) is 5.45. The summed E-state index contributed by atoms with van der Waals surface area (Å²) < 4.78 is 0. The summed E-state index contributed by atoms with van der Waals surface area (Å²) in [6.45, 7) is 1.86. The highest BCUT2D eigenvalue weighted by Crippen LogP contribution is 2.12. The molecule has 0 saturated heterocycles. The first-order valence-corrected chi connectivity index (χ1v) is 7.50. The van der Waals surface area contributed by atoms with Crippen molar-refractivity contribution in [1.82, 2.24) is 16.2 Å². The van der Waals surface area contributed by atoms with E-state index in [9.17, 15) is 19.7 Å². The predicted molar refractivity (Wildman–Crippen MR) is 94.9 cm³/mol. The number of nitro benzene ring substituents is 1. The van der Waals surface area contributed by atoms with Crippen molar-refractivity contribution in [2.75, 3.05) is 0 Å². The zero-order chi connectivity index (χ0) is 18.4. The van der Waals surface area contributed by atoms with Gasteiger partial charge in [0.2, 0.25) is 0 Å². The third kappa shape index (κ3) is 5.08. The fourth-order valence-electron chi connectivity index (χ4n) is 1.94. The first-order valence-electron chi connectivity index (χ1n) is 7.09. The average molecular weight is 358 g/mol. The number of rotatable bonds is 3. The maximum absolute atomic E-state index is 12.0. The molecule has 8 nitrogen and oxygen atoms in total. The second-order valence-electron chi connectivity index (χ2n) is 5.04. The molecule has 2 rings (SSSR count). The van der Waals surface area contributed by atoms with Crippen LogP contribution in [0.25, 0.3) is 0 Å². The summed E-state index contributed by atoms with van der Waals surface area (Å²) in [5.41, 5.74) is 5.98. The normalized spacial score (nSPS) is 9.80. The smallest absolute Gasteiger partial charge is 0.270 e. The largest absolute Gasteiger partial charge is 0.298 e. The van der Waals surface area contributed by atoms with Gasteiger partial charge in [-0.05, 0) is 37.3 Å². The van der Waals surface area contributed by atoms with Crippen molar-refractivity contribution < 1.29 is 14.5 Å². The molecule has 0 aliphatic carbocycles. The molecular formula is C16H14N4O4S. The number of aryl methyl sites for hydroxylation is 1. The lowest BCUT2D eigenvalue weighted by Crippen LogP contribution is -2.48. The highest BCUT2D eigenvalue weighted by atomic mass is 32.1. The van der Waals surface area contributed by atoms with Gasteiger partial charge in [0, 0.05) is 23.3 Å². The topological polar surface area (TPSA) is 113 Å². The van der Waals surface area contributed by atoms with Crippen LogP contribution in [0, 0.1) is 17.0 Å². The second kappa shape index (κ2) is 7.97. The number of benzene rings is 2. The number of thiocarbonyl (C=S) groups is 1. The lowest BCUT2D eigenvalue weighted by Gasteiger charge is -2.11. The Labute approximate surface area is 148 Å². The molecule has 0 spiro atoms. The number of hydrogen-bond donors (Lipinski definition) is 3. The van der Waals surface area contributed by atoms with Gasteiger partial charge in [0.25, 0.3) is 17.5 Å². The summed E-state index contributed by atoms with van der Waals surface area (Å²) in [7, 11) is 0. The van der Waals surface area contributed by atoms with E-state index in [1.807, 2.05) is 13.0 Å². The van der Waals surface area contributed by atoms with Crippen LogP contribution in [0.3, 0.4) is 0 Å². The first kappa shape index (κ1) is 18.0. The van der Waals surface area contributed by atoms with Crippen LogP contribution in [0.5, 0.6) is 0 Å². The van der Waals surface area contributed by atoms with Gasteiger partial charge < -0.3 is 0 Å². The molecule has 128 valence electrons. The SMILES string of the molecule is Cc1cccc(C(=O)NNC(=S)NC(=O)c2cccc([N+](=O)[O-])c2)c1. The Morgan fingerprint density at radius 3 is 2.28 bits per heavy atom. The Morgan fingerprint density at radius 2 is 1.64 bits per heavy atom. The molecule has 0 bridgehead atoms. The molecule has 2 aromatic carbocycles. The molecular weight excluding hydrogens is 344 g/mol. The number of carbonyl (C=O) groups is 2. The molecule has 2 aromatic rings. The summed E-state index contributed by atoms with van der Waals surface area (Å²) in [6.07, 6.45) is 0. The summed E-state index contributed by atoms with van der Waals surface area (Å²) in [5, 5.41) is 12.9. The highest BCUT2D eigenvalue weighted by Gasteiger charge is 2.13. The van der Waals surface area contributed by atoms with E-state index in [1.54, 1.807) is 18.2 Å². The summed E-state index contributed by atoms with van der Waals surface area (Å²) >= 11 is 4.92. The minimum atomic E-state index is -0.633. The fourth-order valence-corrected chi connectivity index (χ4v) is 2.08. The molecule has 0 aliphatic rings. The minimum Gasteiger partial charge on any atom is -0.298 e. The number of nitrogens with one attached hydrogen (secondary N) is 3. The third-order valence-corrected chi connectivity index (χ3v) is 3.32. The summed E-state index contributed by atoms with van der Waals surface area (Å²) in [6, 6.07) is 12.1. The monoisotopic (exact) mass is 358 g/mol. The lowest BCUT2D eigenvalue weighted by molar-refractivity contribution is -0.384. The molecule has 0 radical (unpaired) electrons. The van der Waals surface area contributed by atoms with Crippen molar-refractivity contribution >= 4 is 34.8 Å². The predicted octanol–water partition coefficient (Wildman–Crippen LogP) is 1.85. The van der Waals surface area contributed by atoms with Crippen molar-refractivity contribution in [3.05, 3.63) is 75.3 Å². The Bertz CT molecular complexity index is 854. The summed E-state index contributed by atoms with van der Waals surface area (Å²) in [4.78, 5) is 34.1. The number of non-ortho nitro benzene ring substituents is 1. The molecule has 25 heavy (non-hydrogen) atoms. The number of nitrogens with zero attached hydrogens (tertiary/aromatic N) is 1. The van der Waals surface area contributed by atoms with Gasteiger partial charge in [0.05, 0.1) is 4.92 Å². The average Bonchev–Trinajstić information content (AvgIpc) is 2.59. The highest BCUT2D eigenvalue weighted by molar-refractivity contribution is 7.80. The van der Waals surface area contributed by atoms with Crippen LogP contribution in [0.4, 0.5) is 5.69 Å². The third-order valence-electron chi connectivity index (χ3n) is 3.12. The fraction of sp³-hybridized carbons (Fsp3) is 0.0625. The van der Waals surface area contributed by atoms with Gasteiger partial charge in [-0.2, -0.15) is 0 Å². The minimum absolute atomic E-state index is 0.0726. The Hall–Kier alpha value is -3.33. The maximum atomic E-state index is 12.0. The van der Waals surface area contributed by atoms with E-state index in [2.05, 4.69) is 16.2 Å². The van der Waals surface area contributed by atoms with Crippen molar-refractivity contribution in [3.63, 3.8) is 0 Å². The quantitative estimate of drug-likeness (QED) is 0.438. The van der Waals surface area contributed by atoms with Crippen LogP contribution >= 0.6 is 12.2 Å². The number of hydrazine groups is 1. The molecule has 0 unspecified atom stereocenters.